The summed E-state index contributed by atoms with van der Waals surface area (Å²) in [5.74, 6) is 0. The third kappa shape index (κ3) is 3.80. The monoisotopic (exact) mass is 317 g/mol. The molecule has 0 saturated heterocycles. The van der Waals surface area contributed by atoms with Crippen LogP contribution in [-0.2, 0) is 0 Å². The van der Waals surface area contributed by atoms with E-state index < -0.39 is 5.56 Å². The van der Waals surface area contributed by atoms with Crippen LogP contribution in [0.25, 0.3) is 5.69 Å². The molecule has 0 atom stereocenters. The van der Waals surface area contributed by atoms with Crippen LogP contribution in [-0.4, -0.2) is 20.0 Å². The zero-order chi connectivity index (χ0) is 15.9. The molecule has 0 amide bonds. The molecular weight excluding hydrogens is 306 g/mol. The number of halogens is 1. The van der Waals surface area contributed by atoms with Crippen LogP contribution in [0.2, 0.25) is 5.02 Å². The molecule has 2 heterocycles. The number of nitrogens with zero attached hydrogens (tertiary/aromatic N) is 3. The van der Waals surface area contributed by atoms with Gasteiger partial charge in [0.2, 0.25) is 0 Å². The molecule has 112 valence electrons. The van der Waals surface area contributed by atoms with Gasteiger partial charge >= 0.3 is 0 Å². The van der Waals surface area contributed by atoms with E-state index in [9.17, 15) is 9.59 Å². The Morgan fingerprint density at radius 1 is 1.09 bits per heavy atom. The Balaban J connectivity index is 0.000000211. The smallest absolute Gasteiger partial charge is 0.292 e. The fraction of sp³-hybridized carbons (Fsp3) is 0. The number of H-pyrrole nitrogens is 1. The molecule has 3 aromatic rings. The van der Waals surface area contributed by atoms with Crippen molar-refractivity contribution in [2.45, 2.75) is 0 Å². The summed E-state index contributed by atoms with van der Waals surface area (Å²) in [4.78, 5) is 21.8. The average Bonchev–Trinajstić information content (AvgIpc) is 2.55. The Labute approximate surface area is 130 Å². The summed E-state index contributed by atoms with van der Waals surface area (Å²) in [6.45, 7) is 0. The van der Waals surface area contributed by atoms with E-state index in [-0.39, 0.29) is 16.3 Å². The van der Waals surface area contributed by atoms with Crippen molar-refractivity contribution in [3.8, 4) is 5.69 Å². The molecule has 22 heavy (non-hydrogen) atoms. The minimum absolute atomic E-state index is 0.00569. The highest BCUT2D eigenvalue weighted by atomic mass is 35.5. The number of rotatable bonds is 1. The number of nitrogens with two attached hydrogens (primary N) is 1. The van der Waals surface area contributed by atoms with Gasteiger partial charge in [0, 0.05) is 12.3 Å². The number of nitrogens with one attached hydrogen (secondary N) is 1. The topological polar surface area (TPSA) is 107 Å². The van der Waals surface area contributed by atoms with Crippen LogP contribution >= 0.6 is 11.6 Å². The Hall–Kier alpha value is -2.93. The lowest BCUT2D eigenvalue weighted by atomic mass is 10.3. The molecule has 3 rings (SSSR count). The number of anilines is 1. The third-order valence-electron chi connectivity index (χ3n) is 2.53. The number of aromatic amines is 1. The number of nitrogen functional groups attached to an aromatic ring is 1. The molecule has 0 spiro atoms. The van der Waals surface area contributed by atoms with E-state index in [1.54, 1.807) is 18.2 Å². The molecule has 7 nitrogen and oxygen atoms in total. The maximum Gasteiger partial charge on any atom is 0.292 e. The first-order valence-electron chi connectivity index (χ1n) is 6.18. The van der Waals surface area contributed by atoms with Gasteiger partial charge in [0.25, 0.3) is 11.1 Å². The number of aromatic nitrogens is 4. The van der Waals surface area contributed by atoms with Crippen LogP contribution in [0, 0.1) is 0 Å². The molecule has 3 N–H and O–H groups in total. The first kappa shape index (κ1) is 15.5. The highest BCUT2D eigenvalue weighted by Gasteiger charge is 2.07. The van der Waals surface area contributed by atoms with Crippen molar-refractivity contribution in [3.63, 3.8) is 0 Å². The van der Waals surface area contributed by atoms with E-state index >= 15 is 0 Å². The molecule has 8 heteroatoms. The van der Waals surface area contributed by atoms with E-state index in [0.29, 0.717) is 5.69 Å². The van der Waals surface area contributed by atoms with Gasteiger partial charge in [-0.15, -0.1) is 0 Å². The summed E-state index contributed by atoms with van der Waals surface area (Å²) < 4.78 is 1.21. The lowest BCUT2D eigenvalue weighted by molar-refractivity contribution is 0.809. The van der Waals surface area contributed by atoms with Gasteiger partial charge in [-0.25, -0.2) is 5.10 Å². The second-order valence-corrected chi connectivity index (χ2v) is 4.46. The van der Waals surface area contributed by atoms with Gasteiger partial charge in [-0.05, 0) is 18.2 Å². The summed E-state index contributed by atoms with van der Waals surface area (Å²) in [6, 6.07) is 12.0. The highest BCUT2D eigenvalue weighted by Crippen LogP contribution is 2.11. The molecule has 0 aliphatic rings. The van der Waals surface area contributed by atoms with Crippen LogP contribution < -0.4 is 16.9 Å². The normalized spacial score (nSPS) is 9.68. The van der Waals surface area contributed by atoms with Gasteiger partial charge in [0.05, 0.1) is 17.6 Å². The summed E-state index contributed by atoms with van der Waals surface area (Å²) in [6.07, 6.45) is 2.87. The molecule has 0 radical (unpaired) electrons. The van der Waals surface area contributed by atoms with E-state index in [0.717, 1.165) is 0 Å². The van der Waals surface area contributed by atoms with E-state index in [1.165, 1.54) is 23.1 Å². The first-order chi connectivity index (χ1) is 10.6. The Bertz CT molecular complexity index is 843. The fourth-order valence-electron chi connectivity index (χ4n) is 1.51. The van der Waals surface area contributed by atoms with Crippen molar-refractivity contribution in [1.29, 1.82) is 0 Å². The van der Waals surface area contributed by atoms with Gasteiger partial charge in [-0.1, -0.05) is 29.8 Å². The van der Waals surface area contributed by atoms with Crippen molar-refractivity contribution >= 4 is 17.3 Å². The molecule has 2 aromatic heterocycles. The molecule has 1 aromatic carbocycles. The third-order valence-corrected chi connectivity index (χ3v) is 2.91. The van der Waals surface area contributed by atoms with Crippen molar-refractivity contribution in [3.05, 3.63) is 80.6 Å². The highest BCUT2D eigenvalue weighted by molar-refractivity contribution is 6.32. The second-order valence-electron chi connectivity index (χ2n) is 4.08. The summed E-state index contributed by atoms with van der Waals surface area (Å²) >= 11 is 5.73. The van der Waals surface area contributed by atoms with E-state index in [2.05, 4.69) is 15.3 Å². The van der Waals surface area contributed by atoms with Crippen LogP contribution in [0.5, 0.6) is 0 Å². The predicted octanol–water partition coefficient (Wildman–Crippen LogP) is 1.24. The fourth-order valence-corrected chi connectivity index (χ4v) is 1.64. The van der Waals surface area contributed by atoms with Crippen LogP contribution in [0.3, 0.4) is 0 Å². The van der Waals surface area contributed by atoms with Gasteiger partial charge in [-0.3, -0.25) is 9.59 Å². The van der Waals surface area contributed by atoms with Gasteiger partial charge < -0.3 is 5.73 Å². The molecule has 0 aliphatic heterocycles. The maximum absolute atomic E-state index is 11.7. The number of benzene rings is 1. The maximum atomic E-state index is 11.7. The van der Waals surface area contributed by atoms with Crippen molar-refractivity contribution in [1.82, 2.24) is 20.0 Å². The lowest BCUT2D eigenvalue weighted by Gasteiger charge is -2.04. The quantitative estimate of drug-likeness (QED) is 0.702. The van der Waals surface area contributed by atoms with Crippen LogP contribution in [0.15, 0.2) is 64.4 Å². The van der Waals surface area contributed by atoms with Crippen molar-refractivity contribution < 1.29 is 0 Å². The van der Waals surface area contributed by atoms with Gasteiger partial charge in [0.15, 0.2) is 0 Å². The Kier molecular flexibility index (Phi) is 5.05. The van der Waals surface area contributed by atoms with Crippen LogP contribution in [0.1, 0.15) is 0 Å². The zero-order valence-corrected chi connectivity index (χ0v) is 12.1. The molecule has 0 aliphatic carbocycles. The summed E-state index contributed by atoms with van der Waals surface area (Å²) in [5, 5.41) is 9.57. The predicted molar refractivity (Wildman–Crippen MR) is 84.1 cm³/mol. The Morgan fingerprint density at radius 3 is 2.36 bits per heavy atom. The molecule has 0 fully saturated rings. The van der Waals surface area contributed by atoms with Crippen LogP contribution in [0.4, 0.5) is 5.69 Å². The number of para-hydroxylation sites is 1. The molecule has 0 bridgehead atoms. The Morgan fingerprint density at radius 2 is 1.82 bits per heavy atom. The number of hydrogen-bond acceptors (Lipinski definition) is 5. The molecular formula is C14H12ClN5O2. The minimum atomic E-state index is -0.414. The van der Waals surface area contributed by atoms with Crippen molar-refractivity contribution in [2.75, 3.05) is 5.73 Å². The molecule has 0 unspecified atom stereocenters. The molecule has 0 saturated carbocycles. The SMILES string of the molecule is Nc1cnn(-c2ccccc2)c(=O)c1Cl.O=c1cccn[nH]1. The summed E-state index contributed by atoms with van der Waals surface area (Å²) in [5.41, 5.74) is 5.73. The average molecular weight is 318 g/mol. The number of hydrogen-bond donors (Lipinski definition) is 2. The van der Waals surface area contributed by atoms with Gasteiger partial charge in [0.1, 0.15) is 5.02 Å². The second kappa shape index (κ2) is 7.19. The van der Waals surface area contributed by atoms with E-state index in [1.807, 2.05) is 18.2 Å². The minimum Gasteiger partial charge on any atom is -0.396 e. The standard InChI is InChI=1S/C10H8ClN3O.C4H4N2O/c11-9-8(12)6-13-14(10(9)15)7-4-2-1-3-5-7;7-4-2-1-3-5-6-4/h1-6H,12H2;1-3H,(H,6,7). The largest absolute Gasteiger partial charge is 0.396 e. The lowest BCUT2D eigenvalue weighted by Crippen LogP contribution is -2.22. The van der Waals surface area contributed by atoms with Crippen molar-refractivity contribution in [2.24, 2.45) is 0 Å². The summed E-state index contributed by atoms with van der Waals surface area (Å²) in [7, 11) is 0. The first-order valence-corrected chi connectivity index (χ1v) is 6.56. The van der Waals surface area contributed by atoms with E-state index in [4.69, 9.17) is 17.3 Å². The van der Waals surface area contributed by atoms with Gasteiger partial charge in [-0.2, -0.15) is 14.9 Å². The zero-order valence-electron chi connectivity index (χ0n) is 11.3.